The standard InChI is InChI=1S/C13H13NO3/c1-3-16-13(15)11-6-4-10(5-7-11)12-8-9(2)14-17-12/h4-8H,3H2,1-2H3. The molecule has 0 N–H and O–H groups in total. The Morgan fingerprint density at radius 1 is 1.35 bits per heavy atom. The Kier molecular flexibility index (Phi) is 3.23. The van der Waals surface area contributed by atoms with Gasteiger partial charge in [-0.15, -0.1) is 0 Å². The molecular formula is C13H13NO3. The van der Waals surface area contributed by atoms with E-state index >= 15 is 0 Å². The fourth-order valence-corrected chi connectivity index (χ4v) is 1.48. The van der Waals surface area contributed by atoms with Crippen LogP contribution < -0.4 is 0 Å². The molecule has 0 spiro atoms. The highest BCUT2D eigenvalue weighted by molar-refractivity contribution is 5.89. The number of carbonyl (C=O) groups excluding carboxylic acids is 1. The van der Waals surface area contributed by atoms with E-state index in [0.717, 1.165) is 11.3 Å². The molecule has 0 aliphatic carbocycles. The van der Waals surface area contributed by atoms with Gasteiger partial charge in [0.25, 0.3) is 0 Å². The Hall–Kier alpha value is -2.10. The zero-order valence-corrected chi connectivity index (χ0v) is 9.77. The zero-order valence-electron chi connectivity index (χ0n) is 9.77. The molecule has 0 amide bonds. The first-order chi connectivity index (χ1) is 8.20. The summed E-state index contributed by atoms with van der Waals surface area (Å²) in [6.45, 7) is 4.02. The highest BCUT2D eigenvalue weighted by Crippen LogP contribution is 2.20. The molecule has 0 bridgehead atoms. The maximum absolute atomic E-state index is 11.4. The first kappa shape index (κ1) is 11.4. The molecule has 0 aliphatic rings. The first-order valence-corrected chi connectivity index (χ1v) is 5.41. The molecule has 0 fully saturated rings. The molecule has 0 aliphatic heterocycles. The van der Waals surface area contributed by atoms with Crippen molar-refractivity contribution in [2.24, 2.45) is 0 Å². The van der Waals surface area contributed by atoms with Gasteiger partial charge in [-0.2, -0.15) is 0 Å². The molecule has 1 heterocycles. The second-order valence-electron chi connectivity index (χ2n) is 3.63. The molecule has 4 nitrogen and oxygen atoms in total. The monoisotopic (exact) mass is 231 g/mol. The summed E-state index contributed by atoms with van der Waals surface area (Å²) in [4.78, 5) is 11.4. The summed E-state index contributed by atoms with van der Waals surface area (Å²) in [6, 6.07) is 8.90. The molecule has 2 aromatic rings. The van der Waals surface area contributed by atoms with Crippen LogP contribution in [-0.4, -0.2) is 17.7 Å². The lowest BCUT2D eigenvalue weighted by Crippen LogP contribution is -2.03. The van der Waals surface area contributed by atoms with Gasteiger partial charge < -0.3 is 9.26 Å². The molecule has 4 heteroatoms. The second kappa shape index (κ2) is 4.82. The number of aromatic nitrogens is 1. The van der Waals surface area contributed by atoms with Crippen LogP contribution in [0.2, 0.25) is 0 Å². The van der Waals surface area contributed by atoms with Crippen LogP contribution in [0, 0.1) is 6.92 Å². The summed E-state index contributed by atoms with van der Waals surface area (Å²) < 4.78 is 10.0. The van der Waals surface area contributed by atoms with Gasteiger partial charge in [0.2, 0.25) is 0 Å². The van der Waals surface area contributed by atoms with Gasteiger partial charge in [0, 0.05) is 11.6 Å². The van der Waals surface area contributed by atoms with Crippen LogP contribution in [0.15, 0.2) is 34.9 Å². The molecule has 0 saturated carbocycles. The van der Waals surface area contributed by atoms with E-state index in [9.17, 15) is 4.79 Å². The summed E-state index contributed by atoms with van der Waals surface area (Å²) in [6.07, 6.45) is 0. The molecular weight excluding hydrogens is 218 g/mol. The van der Waals surface area contributed by atoms with Crippen LogP contribution in [0.25, 0.3) is 11.3 Å². The molecule has 0 saturated heterocycles. The Bertz CT molecular complexity index is 514. The minimum absolute atomic E-state index is 0.312. The number of nitrogens with zero attached hydrogens (tertiary/aromatic N) is 1. The van der Waals surface area contributed by atoms with Crippen LogP contribution in [0.3, 0.4) is 0 Å². The van der Waals surface area contributed by atoms with Gasteiger partial charge in [-0.3, -0.25) is 0 Å². The largest absolute Gasteiger partial charge is 0.462 e. The maximum atomic E-state index is 11.4. The van der Waals surface area contributed by atoms with Crippen LogP contribution in [-0.2, 0) is 4.74 Å². The highest BCUT2D eigenvalue weighted by Gasteiger charge is 2.08. The fourth-order valence-electron chi connectivity index (χ4n) is 1.48. The summed E-state index contributed by atoms with van der Waals surface area (Å²) in [5.74, 6) is 0.380. The quantitative estimate of drug-likeness (QED) is 0.762. The Morgan fingerprint density at radius 2 is 2.06 bits per heavy atom. The normalized spacial score (nSPS) is 10.2. The minimum Gasteiger partial charge on any atom is -0.462 e. The van der Waals surface area contributed by atoms with Crippen LogP contribution in [0.5, 0.6) is 0 Å². The van der Waals surface area contributed by atoms with Crippen molar-refractivity contribution in [1.82, 2.24) is 5.16 Å². The van der Waals surface area contributed by atoms with E-state index in [0.29, 0.717) is 17.9 Å². The van der Waals surface area contributed by atoms with Crippen molar-refractivity contribution in [2.45, 2.75) is 13.8 Å². The molecule has 0 atom stereocenters. The van der Waals surface area contributed by atoms with Gasteiger partial charge in [-0.25, -0.2) is 4.79 Å². The number of rotatable bonds is 3. The van der Waals surface area contributed by atoms with Crippen molar-refractivity contribution in [2.75, 3.05) is 6.61 Å². The van der Waals surface area contributed by atoms with E-state index in [1.165, 1.54) is 0 Å². The number of ether oxygens (including phenoxy) is 1. The van der Waals surface area contributed by atoms with Crippen molar-refractivity contribution in [3.63, 3.8) is 0 Å². The molecule has 2 rings (SSSR count). The predicted molar refractivity (Wildman–Crippen MR) is 62.6 cm³/mol. The molecule has 0 radical (unpaired) electrons. The third-order valence-corrected chi connectivity index (χ3v) is 2.31. The Morgan fingerprint density at radius 3 is 2.59 bits per heavy atom. The van der Waals surface area contributed by atoms with Crippen molar-refractivity contribution >= 4 is 5.97 Å². The smallest absolute Gasteiger partial charge is 0.338 e. The van der Waals surface area contributed by atoms with Crippen molar-refractivity contribution < 1.29 is 14.1 Å². The Balaban J connectivity index is 2.21. The number of aryl methyl sites for hydroxylation is 1. The predicted octanol–water partition coefficient (Wildman–Crippen LogP) is 2.83. The third kappa shape index (κ3) is 2.53. The first-order valence-electron chi connectivity index (χ1n) is 5.41. The molecule has 17 heavy (non-hydrogen) atoms. The highest BCUT2D eigenvalue weighted by atomic mass is 16.5. The van der Waals surface area contributed by atoms with Gasteiger partial charge in [-0.1, -0.05) is 17.3 Å². The molecule has 88 valence electrons. The number of esters is 1. The van der Waals surface area contributed by atoms with Gasteiger partial charge in [0.15, 0.2) is 5.76 Å². The van der Waals surface area contributed by atoms with Gasteiger partial charge in [0.05, 0.1) is 17.9 Å². The van der Waals surface area contributed by atoms with E-state index in [1.807, 2.05) is 25.1 Å². The van der Waals surface area contributed by atoms with E-state index in [2.05, 4.69) is 5.16 Å². The summed E-state index contributed by atoms with van der Waals surface area (Å²) in [5, 5.41) is 3.81. The SMILES string of the molecule is CCOC(=O)c1ccc(-c2cc(C)no2)cc1. The van der Waals surface area contributed by atoms with E-state index < -0.39 is 0 Å². The van der Waals surface area contributed by atoms with E-state index in [4.69, 9.17) is 9.26 Å². The third-order valence-electron chi connectivity index (χ3n) is 2.31. The van der Waals surface area contributed by atoms with Gasteiger partial charge in [0.1, 0.15) is 0 Å². The molecule has 1 aromatic heterocycles. The summed E-state index contributed by atoms with van der Waals surface area (Å²) in [7, 11) is 0. The summed E-state index contributed by atoms with van der Waals surface area (Å²) >= 11 is 0. The number of hydrogen-bond acceptors (Lipinski definition) is 4. The van der Waals surface area contributed by atoms with Crippen molar-refractivity contribution in [3.8, 4) is 11.3 Å². The van der Waals surface area contributed by atoms with Crippen LogP contribution >= 0.6 is 0 Å². The van der Waals surface area contributed by atoms with Crippen LogP contribution in [0.1, 0.15) is 23.0 Å². The average molecular weight is 231 g/mol. The zero-order chi connectivity index (χ0) is 12.3. The number of hydrogen-bond donors (Lipinski definition) is 0. The lowest BCUT2D eigenvalue weighted by molar-refractivity contribution is 0.0526. The van der Waals surface area contributed by atoms with Gasteiger partial charge in [-0.05, 0) is 26.0 Å². The lowest BCUT2D eigenvalue weighted by atomic mass is 10.1. The second-order valence-corrected chi connectivity index (χ2v) is 3.63. The minimum atomic E-state index is -0.312. The molecule has 0 unspecified atom stereocenters. The fraction of sp³-hybridized carbons (Fsp3) is 0.231. The van der Waals surface area contributed by atoms with Crippen molar-refractivity contribution in [3.05, 3.63) is 41.6 Å². The van der Waals surface area contributed by atoms with Crippen LogP contribution in [0.4, 0.5) is 0 Å². The molecule has 1 aromatic carbocycles. The average Bonchev–Trinajstić information content (AvgIpc) is 2.76. The Labute approximate surface area is 99.2 Å². The van der Waals surface area contributed by atoms with E-state index in [1.54, 1.807) is 19.1 Å². The van der Waals surface area contributed by atoms with E-state index in [-0.39, 0.29) is 5.97 Å². The van der Waals surface area contributed by atoms with Crippen molar-refractivity contribution in [1.29, 1.82) is 0 Å². The van der Waals surface area contributed by atoms with Gasteiger partial charge >= 0.3 is 5.97 Å². The maximum Gasteiger partial charge on any atom is 0.338 e. The number of benzene rings is 1. The number of carbonyl (C=O) groups is 1. The summed E-state index contributed by atoms with van der Waals surface area (Å²) in [5.41, 5.74) is 2.25. The topological polar surface area (TPSA) is 52.3 Å². The lowest BCUT2D eigenvalue weighted by Gasteiger charge is -2.01.